The van der Waals surface area contributed by atoms with E-state index in [2.05, 4.69) is 22.2 Å². The van der Waals surface area contributed by atoms with E-state index in [9.17, 15) is 0 Å². The van der Waals surface area contributed by atoms with Gasteiger partial charge >= 0.3 is 0 Å². The molecule has 0 N–H and O–H groups in total. The summed E-state index contributed by atoms with van der Waals surface area (Å²) in [5.41, 5.74) is 3.11. The second kappa shape index (κ2) is 6.72. The first-order valence-corrected chi connectivity index (χ1v) is 8.59. The van der Waals surface area contributed by atoms with Gasteiger partial charge in [0.1, 0.15) is 5.03 Å². The maximum Gasteiger partial charge on any atom is 0.175 e. The van der Waals surface area contributed by atoms with Gasteiger partial charge in [0.25, 0.3) is 0 Å². The molecular formula is C17H17ClN4S. The molecule has 0 aliphatic heterocycles. The summed E-state index contributed by atoms with van der Waals surface area (Å²) in [6.07, 6.45) is 0. The number of hydrogen-bond acceptors (Lipinski definition) is 4. The molecule has 0 bridgehead atoms. The van der Waals surface area contributed by atoms with E-state index in [1.54, 1.807) is 16.4 Å². The summed E-state index contributed by atoms with van der Waals surface area (Å²) in [5, 5.41) is 14.9. The van der Waals surface area contributed by atoms with Crippen molar-refractivity contribution in [2.75, 3.05) is 0 Å². The minimum Gasteiger partial charge on any atom is -0.218 e. The van der Waals surface area contributed by atoms with Gasteiger partial charge in [-0.15, -0.1) is 10.2 Å². The van der Waals surface area contributed by atoms with Crippen LogP contribution in [-0.4, -0.2) is 20.0 Å². The van der Waals surface area contributed by atoms with Crippen LogP contribution in [0.4, 0.5) is 0 Å². The Morgan fingerprint density at radius 3 is 2.48 bits per heavy atom. The number of rotatable bonds is 4. The van der Waals surface area contributed by atoms with E-state index in [0.717, 1.165) is 32.8 Å². The average molecular weight is 345 g/mol. The summed E-state index contributed by atoms with van der Waals surface area (Å²) in [6, 6.07) is 13.8. The summed E-state index contributed by atoms with van der Waals surface area (Å²) < 4.78 is 1.80. The van der Waals surface area contributed by atoms with E-state index in [1.165, 1.54) is 0 Å². The minimum absolute atomic E-state index is 0.206. The Balaban J connectivity index is 1.78. The Labute approximate surface area is 144 Å². The lowest BCUT2D eigenvalue weighted by atomic mass is 10.2. The quantitative estimate of drug-likeness (QED) is 0.638. The molecule has 4 nitrogen and oxygen atoms in total. The van der Waals surface area contributed by atoms with Crippen molar-refractivity contribution in [3.63, 3.8) is 0 Å². The third-order valence-electron chi connectivity index (χ3n) is 3.49. The highest BCUT2D eigenvalue weighted by atomic mass is 35.5. The normalized spacial score (nSPS) is 12.3. The Morgan fingerprint density at radius 1 is 1.09 bits per heavy atom. The zero-order chi connectivity index (χ0) is 16.4. The summed E-state index contributed by atoms with van der Waals surface area (Å²) >= 11 is 7.89. The van der Waals surface area contributed by atoms with E-state index < -0.39 is 0 Å². The first kappa shape index (κ1) is 16.0. The summed E-state index contributed by atoms with van der Waals surface area (Å²) in [6.45, 7) is 6.08. The fraction of sp³-hybridized carbons (Fsp3) is 0.235. The lowest BCUT2D eigenvalue weighted by molar-refractivity contribution is 0.765. The molecule has 0 aliphatic carbocycles. The van der Waals surface area contributed by atoms with Gasteiger partial charge in [-0.05, 0) is 50.6 Å². The molecule has 0 amide bonds. The predicted octanol–water partition coefficient (Wildman–Crippen LogP) is 4.79. The molecule has 118 valence electrons. The van der Waals surface area contributed by atoms with E-state index >= 15 is 0 Å². The number of benzene rings is 1. The van der Waals surface area contributed by atoms with Gasteiger partial charge in [0.2, 0.25) is 0 Å². The zero-order valence-electron chi connectivity index (χ0n) is 13.2. The maximum absolute atomic E-state index is 6.25. The number of halogens is 1. The highest BCUT2D eigenvalue weighted by Crippen LogP contribution is 2.36. The molecule has 6 heteroatoms. The topological polar surface area (TPSA) is 43.6 Å². The van der Waals surface area contributed by atoms with Crippen LogP contribution >= 0.6 is 23.4 Å². The predicted molar refractivity (Wildman–Crippen MR) is 94.4 cm³/mol. The van der Waals surface area contributed by atoms with Crippen molar-refractivity contribution < 1.29 is 0 Å². The van der Waals surface area contributed by atoms with Crippen molar-refractivity contribution in [3.8, 4) is 5.82 Å². The SMILES string of the molecule is Cc1cc(C)n(-c2ccc(S[C@H](C)c3ccccc3Cl)nn2)n1. The molecule has 0 spiro atoms. The molecule has 2 heterocycles. The second-order valence-electron chi connectivity index (χ2n) is 5.35. The number of thioether (sulfide) groups is 1. The molecule has 0 fully saturated rings. The van der Waals surface area contributed by atoms with Crippen LogP contribution in [0.1, 0.15) is 29.1 Å². The van der Waals surface area contributed by atoms with Gasteiger partial charge in [-0.1, -0.05) is 41.6 Å². The largest absolute Gasteiger partial charge is 0.218 e. The standard InChI is InChI=1S/C17H17ClN4S/c1-11-10-12(2)22(21-11)16-8-9-17(20-19-16)23-13(3)14-6-4-5-7-15(14)18/h4-10,13H,1-3H3/t13-/m1/s1. The Hall–Kier alpha value is -1.85. The molecule has 0 saturated carbocycles. The van der Waals surface area contributed by atoms with Gasteiger partial charge in [-0.2, -0.15) is 5.10 Å². The van der Waals surface area contributed by atoms with Crippen molar-refractivity contribution in [3.05, 3.63) is 64.4 Å². The van der Waals surface area contributed by atoms with Crippen molar-refractivity contribution in [2.24, 2.45) is 0 Å². The Morgan fingerprint density at radius 2 is 1.87 bits per heavy atom. The molecule has 0 aliphatic rings. The van der Waals surface area contributed by atoms with Crippen LogP contribution in [0.2, 0.25) is 5.02 Å². The van der Waals surface area contributed by atoms with Crippen LogP contribution in [-0.2, 0) is 0 Å². The molecule has 0 unspecified atom stereocenters. The maximum atomic E-state index is 6.25. The van der Waals surface area contributed by atoms with E-state index in [-0.39, 0.29) is 5.25 Å². The number of nitrogens with zero attached hydrogens (tertiary/aromatic N) is 4. The number of hydrogen-bond donors (Lipinski definition) is 0. The molecule has 1 aromatic carbocycles. The van der Waals surface area contributed by atoms with Crippen LogP contribution in [0, 0.1) is 13.8 Å². The van der Waals surface area contributed by atoms with Gasteiger partial charge in [0.15, 0.2) is 5.82 Å². The molecule has 2 aromatic heterocycles. The minimum atomic E-state index is 0.206. The Bertz CT molecular complexity index is 814. The lowest BCUT2D eigenvalue weighted by Crippen LogP contribution is -2.03. The summed E-state index contributed by atoms with van der Waals surface area (Å²) in [5.74, 6) is 0.727. The molecule has 3 rings (SSSR count). The van der Waals surface area contributed by atoms with Crippen LogP contribution in [0.25, 0.3) is 5.82 Å². The molecule has 0 saturated heterocycles. The van der Waals surface area contributed by atoms with Crippen LogP contribution in [0.15, 0.2) is 47.5 Å². The highest BCUT2D eigenvalue weighted by molar-refractivity contribution is 7.99. The van der Waals surface area contributed by atoms with Crippen molar-refractivity contribution in [1.29, 1.82) is 0 Å². The van der Waals surface area contributed by atoms with Crippen LogP contribution in [0.3, 0.4) is 0 Å². The van der Waals surface area contributed by atoms with Gasteiger partial charge in [0, 0.05) is 16.0 Å². The van der Waals surface area contributed by atoms with Gasteiger partial charge < -0.3 is 0 Å². The van der Waals surface area contributed by atoms with Crippen molar-refractivity contribution >= 4 is 23.4 Å². The average Bonchev–Trinajstić information content (AvgIpc) is 2.87. The highest BCUT2D eigenvalue weighted by Gasteiger charge is 2.12. The van der Waals surface area contributed by atoms with Gasteiger partial charge in [0.05, 0.1) is 5.69 Å². The smallest absolute Gasteiger partial charge is 0.175 e. The van der Waals surface area contributed by atoms with E-state index in [1.807, 2.05) is 56.3 Å². The molecule has 1 atom stereocenters. The second-order valence-corrected chi connectivity index (χ2v) is 7.12. The van der Waals surface area contributed by atoms with Crippen LogP contribution < -0.4 is 0 Å². The van der Waals surface area contributed by atoms with Crippen LogP contribution in [0.5, 0.6) is 0 Å². The van der Waals surface area contributed by atoms with Gasteiger partial charge in [-0.25, -0.2) is 4.68 Å². The number of aryl methyl sites for hydroxylation is 2. The molecule has 0 radical (unpaired) electrons. The molecule has 23 heavy (non-hydrogen) atoms. The lowest BCUT2D eigenvalue weighted by Gasteiger charge is -2.12. The van der Waals surface area contributed by atoms with E-state index in [0.29, 0.717) is 0 Å². The van der Waals surface area contributed by atoms with Crippen molar-refractivity contribution in [1.82, 2.24) is 20.0 Å². The summed E-state index contributed by atoms with van der Waals surface area (Å²) in [7, 11) is 0. The zero-order valence-corrected chi connectivity index (χ0v) is 14.8. The van der Waals surface area contributed by atoms with Crippen molar-refractivity contribution in [2.45, 2.75) is 31.0 Å². The fourth-order valence-electron chi connectivity index (χ4n) is 2.40. The molecular weight excluding hydrogens is 328 g/mol. The number of aromatic nitrogens is 4. The third-order valence-corrected chi connectivity index (χ3v) is 4.90. The first-order valence-electron chi connectivity index (χ1n) is 7.33. The fourth-order valence-corrected chi connectivity index (χ4v) is 3.69. The van der Waals surface area contributed by atoms with Gasteiger partial charge in [-0.3, -0.25) is 0 Å². The summed E-state index contributed by atoms with van der Waals surface area (Å²) in [4.78, 5) is 0. The monoisotopic (exact) mass is 344 g/mol. The third kappa shape index (κ3) is 3.57. The first-order chi connectivity index (χ1) is 11.0. The molecule has 3 aromatic rings. The Kier molecular flexibility index (Phi) is 4.68. The van der Waals surface area contributed by atoms with E-state index in [4.69, 9.17) is 11.6 Å².